The second-order valence-electron chi connectivity index (χ2n) is 6.13. The quantitative estimate of drug-likeness (QED) is 0.852. The molecule has 1 aliphatic rings. The van der Waals surface area contributed by atoms with Gasteiger partial charge in [-0.25, -0.2) is 17.5 Å². The number of hydrogen-bond donors (Lipinski definition) is 1. The van der Waals surface area contributed by atoms with E-state index >= 15 is 0 Å². The third-order valence-electron chi connectivity index (χ3n) is 4.38. The Morgan fingerprint density at radius 2 is 1.96 bits per heavy atom. The summed E-state index contributed by atoms with van der Waals surface area (Å²) in [5.74, 6) is -0.416. The van der Waals surface area contributed by atoms with Crippen molar-refractivity contribution in [3.05, 3.63) is 52.5 Å². The minimum absolute atomic E-state index is 0.278. The Morgan fingerprint density at radius 1 is 1.21 bits per heavy atom. The third-order valence-corrected chi connectivity index (χ3v) is 6.57. The predicted molar refractivity (Wildman–Crippen MR) is 93.9 cm³/mol. The van der Waals surface area contributed by atoms with Gasteiger partial charge in [-0.1, -0.05) is 12.1 Å². The fourth-order valence-corrected chi connectivity index (χ4v) is 4.81. The van der Waals surface area contributed by atoms with Crippen LogP contribution in [0.4, 0.5) is 4.39 Å². The molecule has 0 unspecified atom stereocenters. The highest BCUT2D eigenvalue weighted by molar-refractivity contribution is 7.89. The molecule has 3 rings (SSSR count). The number of sulfonamides is 1. The van der Waals surface area contributed by atoms with E-state index in [0.717, 1.165) is 38.5 Å². The van der Waals surface area contributed by atoms with E-state index in [0.29, 0.717) is 12.5 Å². The van der Waals surface area contributed by atoms with Crippen LogP contribution in [-0.2, 0) is 16.6 Å². The van der Waals surface area contributed by atoms with Crippen molar-refractivity contribution in [2.24, 2.45) is 5.92 Å². The maximum Gasteiger partial charge on any atom is 0.243 e. The highest BCUT2D eigenvalue weighted by Gasteiger charge is 2.23. The fraction of sp³-hybridized carbons (Fsp3) is 0.412. The van der Waals surface area contributed by atoms with Gasteiger partial charge >= 0.3 is 0 Å². The number of hydrogen-bond acceptors (Lipinski definition) is 4. The molecule has 2 aromatic rings. The van der Waals surface area contributed by atoms with Crippen LogP contribution in [0, 0.1) is 11.7 Å². The van der Waals surface area contributed by atoms with Gasteiger partial charge in [0.25, 0.3) is 0 Å². The number of thiophene rings is 1. The lowest BCUT2D eigenvalue weighted by molar-refractivity contribution is 0.178. The molecule has 1 N–H and O–H groups in total. The summed E-state index contributed by atoms with van der Waals surface area (Å²) in [4.78, 5) is 2.11. The first-order valence-corrected chi connectivity index (χ1v) is 10.4. The van der Waals surface area contributed by atoms with Crippen LogP contribution in [0.5, 0.6) is 0 Å². The molecule has 0 amide bonds. The molecule has 0 bridgehead atoms. The first-order valence-electron chi connectivity index (χ1n) is 8.02. The van der Waals surface area contributed by atoms with Crippen molar-refractivity contribution in [3.8, 4) is 0 Å². The average molecular weight is 368 g/mol. The number of benzene rings is 1. The molecule has 0 aliphatic carbocycles. The second-order valence-corrected chi connectivity index (χ2v) is 8.65. The number of likely N-dealkylation sites (tertiary alicyclic amines) is 1. The first kappa shape index (κ1) is 17.5. The van der Waals surface area contributed by atoms with Crippen molar-refractivity contribution < 1.29 is 12.8 Å². The number of nitrogens with zero attached hydrogens (tertiary/aromatic N) is 1. The molecular weight excluding hydrogens is 347 g/mol. The maximum atomic E-state index is 13.7. The van der Waals surface area contributed by atoms with Gasteiger partial charge in [-0.05, 0) is 66.4 Å². The van der Waals surface area contributed by atoms with Crippen LogP contribution in [-0.4, -0.2) is 33.0 Å². The minimum Gasteiger partial charge on any atom is -0.299 e. The molecule has 1 fully saturated rings. The molecule has 1 saturated heterocycles. The molecule has 24 heavy (non-hydrogen) atoms. The SMILES string of the molecule is O=S(=O)(NCC1CCN(Cc2ccsc2)CC1)c1ccccc1F. The summed E-state index contributed by atoms with van der Waals surface area (Å²) < 4.78 is 40.6. The van der Waals surface area contributed by atoms with Gasteiger partial charge in [0.05, 0.1) is 0 Å². The lowest BCUT2D eigenvalue weighted by Crippen LogP contribution is -2.38. The lowest BCUT2D eigenvalue weighted by Gasteiger charge is -2.31. The highest BCUT2D eigenvalue weighted by atomic mass is 32.2. The molecule has 1 aliphatic heterocycles. The average Bonchev–Trinajstić information content (AvgIpc) is 3.07. The van der Waals surface area contributed by atoms with Crippen LogP contribution in [0.15, 0.2) is 46.0 Å². The van der Waals surface area contributed by atoms with Gasteiger partial charge in [0.2, 0.25) is 10.0 Å². The van der Waals surface area contributed by atoms with E-state index in [1.54, 1.807) is 11.3 Å². The first-order chi connectivity index (χ1) is 11.5. The van der Waals surface area contributed by atoms with Crippen molar-refractivity contribution in [2.45, 2.75) is 24.3 Å². The Kier molecular flexibility index (Phi) is 5.65. The third kappa shape index (κ3) is 4.42. The Labute approximate surface area is 146 Å². The van der Waals surface area contributed by atoms with Crippen LogP contribution in [0.25, 0.3) is 0 Å². The van der Waals surface area contributed by atoms with Crippen LogP contribution < -0.4 is 4.72 Å². The lowest BCUT2D eigenvalue weighted by atomic mass is 9.97. The molecule has 0 atom stereocenters. The number of halogens is 1. The summed E-state index contributed by atoms with van der Waals surface area (Å²) >= 11 is 1.70. The molecule has 0 saturated carbocycles. The molecule has 130 valence electrons. The Morgan fingerprint density at radius 3 is 2.62 bits per heavy atom. The number of piperidine rings is 1. The minimum atomic E-state index is -3.78. The van der Waals surface area contributed by atoms with Gasteiger partial charge in [-0.15, -0.1) is 0 Å². The van der Waals surface area contributed by atoms with Gasteiger partial charge in [-0.3, -0.25) is 4.90 Å². The maximum absolute atomic E-state index is 13.7. The molecule has 0 radical (unpaired) electrons. The molecule has 0 spiro atoms. The summed E-state index contributed by atoms with van der Waals surface area (Å²) in [6.07, 6.45) is 1.90. The highest BCUT2D eigenvalue weighted by Crippen LogP contribution is 2.20. The molecule has 7 heteroatoms. The number of nitrogens with one attached hydrogen (secondary N) is 1. The normalized spacial score (nSPS) is 17.2. The second kappa shape index (κ2) is 7.74. The van der Waals surface area contributed by atoms with Crippen LogP contribution >= 0.6 is 11.3 Å². The largest absolute Gasteiger partial charge is 0.299 e. The van der Waals surface area contributed by atoms with E-state index in [1.807, 2.05) is 0 Å². The van der Waals surface area contributed by atoms with Crippen molar-refractivity contribution in [1.29, 1.82) is 0 Å². The van der Waals surface area contributed by atoms with Crippen molar-refractivity contribution in [3.63, 3.8) is 0 Å². The van der Waals surface area contributed by atoms with E-state index < -0.39 is 15.8 Å². The van der Waals surface area contributed by atoms with E-state index in [4.69, 9.17) is 0 Å². The topological polar surface area (TPSA) is 49.4 Å². The standard InChI is InChI=1S/C17H21FN2O2S2/c18-16-3-1-2-4-17(16)24(21,22)19-11-14-5-8-20(9-6-14)12-15-7-10-23-13-15/h1-4,7,10,13-14,19H,5-6,8-9,11-12H2. The summed E-state index contributed by atoms with van der Waals surface area (Å²) in [6, 6.07) is 7.61. The molecular formula is C17H21FN2O2S2. The fourth-order valence-electron chi connectivity index (χ4n) is 2.96. The summed E-state index contributed by atoms with van der Waals surface area (Å²) in [7, 11) is -3.78. The van der Waals surface area contributed by atoms with E-state index in [2.05, 4.69) is 26.4 Å². The molecule has 4 nitrogen and oxygen atoms in total. The molecule has 1 aromatic heterocycles. The Balaban J connectivity index is 1.49. The summed E-state index contributed by atoms with van der Waals surface area (Å²) in [5.41, 5.74) is 1.33. The zero-order valence-electron chi connectivity index (χ0n) is 13.3. The molecule has 2 heterocycles. The van der Waals surface area contributed by atoms with Gasteiger partial charge in [0.15, 0.2) is 0 Å². The van der Waals surface area contributed by atoms with Crippen molar-refractivity contribution >= 4 is 21.4 Å². The monoisotopic (exact) mass is 368 g/mol. The van der Waals surface area contributed by atoms with E-state index in [9.17, 15) is 12.8 Å². The van der Waals surface area contributed by atoms with Crippen LogP contribution in [0.2, 0.25) is 0 Å². The summed E-state index contributed by atoms with van der Waals surface area (Å²) in [5, 5.41) is 4.24. The van der Waals surface area contributed by atoms with Crippen molar-refractivity contribution in [2.75, 3.05) is 19.6 Å². The molecule has 1 aromatic carbocycles. The van der Waals surface area contributed by atoms with Crippen molar-refractivity contribution in [1.82, 2.24) is 9.62 Å². The van der Waals surface area contributed by atoms with E-state index in [-0.39, 0.29) is 4.90 Å². The van der Waals surface area contributed by atoms with E-state index in [1.165, 1.54) is 23.8 Å². The zero-order chi connectivity index (χ0) is 17.0. The van der Waals surface area contributed by atoms with Gasteiger partial charge in [0.1, 0.15) is 10.7 Å². The van der Waals surface area contributed by atoms with Crippen LogP contribution in [0.3, 0.4) is 0 Å². The van der Waals surface area contributed by atoms with Gasteiger partial charge in [0, 0.05) is 13.1 Å². The van der Waals surface area contributed by atoms with Crippen LogP contribution in [0.1, 0.15) is 18.4 Å². The zero-order valence-corrected chi connectivity index (χ0v) is 15.0. The van der Waals surface area contributed by atoms with Gasteiger partial charge < -0.3 is 0 Å². The number of rotatable bonds is 6. The summed E-state index contributed by atoms with van der Waals surface area (Å²) in [6.45, 7) is 3.24. The smallest absolute Gasteiger partial charge is 0.243 e. The van der Waals surface area contributed by atoms with Gasteiger partial charge in [-0.2, -0.15) is 11.3 Å². The Bertz CT molecular complexity index is 755. The Hall–Kier alpha value is -1.28. The predicted octanol–water partition coefficient (Wildman–Crippen LogP) is 3.08.